The molecule has 5 rings (SSSR count). The lowest BCUT2D eigenvalue weighted by Crippen LogP contribution is -2.67. The van der Waals surface area contributed by atoms with Crippen LogP contribution in [0.5, 0.6) is 0 Å². The Kier molecular flexibility index (Phi) is 9.84. The molecule has 1 fully saturated rings. The van der Waals surface area contributed by atoms with Crippen LogP contribution < -0.4 is 15.9 Å². The summed E-state index contributed by atoms with van der Waals surface area (Å²) >= 11 is 0. The van der Waals surface area contributed by atoms with Gasteiger partial charge in [0.15, 0.2) is 5.78 Å². The summed E-state index contributed by atoms with van der Waals surface area (Å²) in [5, 5.41) is 12.1. The molecule has 2 atom stereocenters. The van der Waals surface area contributed by atoms with Gasteiger partial charge in [-0.2, -0.15) is 0 Å². The molecule has 1 aliphatic rings. The molecule has 2 unspecified atom stereocenters. The fraction of sp³-hybridized carbons (Fsp3) is 0.184. The van der Waals surface area contributed by atoms with Crippen molar-refractivity contribution in [3.05, 3.63) is 139 Å². The van der Waals surface area contributed by atoms with Gasteiger partial charge in [-0.3, -0.25) is 9.59 Å². The highest BCUT2D eigenvalue weighted by molar-refractivity contribution is 7.96. The first-order chi connectivity index (χ1) is 22.2. The minimum atomic E-state index is -3.12. The number of hydrogen-bond donors (Lipinski definition) is 1. The molecule has 46 heavy (non-hydrogen) atoms. The Labute approximate surface area is 269 Å². The van der Waals surface area contributed by atoms with E-state index in [1.54, 1.807) is 6.07 Å². The maximum atomic E-state index is 14.5. The number of aromatic carboxylic acids is 1. The lowest BCUT2D eigenvalue weighted by molar-refractivity contribution is -0.153. The van der Waals surface area contributed by atoms with Crippen molar-refractivity contribution in [1.82, 2.24) is 4.90 Å². The number of ether oxygens (including phenoxy) is 1. The van der Waals surface area contributed by atoms with Crippen LogP contribution in [0.3, 0.4) is 0 Å². The zero-order valence-electron chi connectivity index (χ0n) is 25.8. The predicted octanol–water partition coefficient (Wildman–Crippen LogP) is 5.29. The number of ketones is 1. The lowest BCUT2D eigenvalue weighted by atomic mass is 9.76. The molecule has 1 aliphatic heterocycles. The van der Waals surface area contributed by atoms with Gasteiger partial charge in [0.25, 0.3) is 0 Å². The summed E-state index contributed by atoms with van der Waals surface area (Å²) in [6, 6.07) is 34.2. The van der Waals surface area contributed by atoms with Crippen LogP contribution in [0.4, 0.5) is 0 Å². The van der Waals surface area contributed by atoms with Crippen molar-refractivity contribution in [1.29, 1.82) is 0 Å². The van der Waals surface area contributed by atoms with E-state index < -0.39 is 30.8 Å². The fourth-order valence-corrected chi connectivity index (χ4v) is 10.7. The first-order valence-electron chi connectivity index (χ1n) is 15.1. The van der Waals surface area contributed by atoms with Gasteiger partial charge in [-0.15, -0.1) is 0 Å². The number of benzene rings is 4. The van der Waals surface area contributed by atoms with Crippen LogP contribution >= 0.6 is 6.89 Å². The van der Waals surface area contributed by atoms with Crippen molar-refractivity contribution in [3.8, 4) is 0 Å². The van der Waals surface area contributed by atoms with Gasteiger partial charge in [-0.25, -0.2) is 9.59 Å². The molecule has 234 valence electrons. The van der Waals surface area contributed by atoms with Gasteiger partial charge in [0.1, 0.15) is 12.0 Å². The number of hydrogen-bond acceptors (Lipinski definition) is 5. The van der Waals surface area contributed by atoms with E-state index >= 15 is 0 Å². The van der Waals surface area contributed by atoms with Crippen LogP contribution in [0.15, 0.2) is 128 Å². The smallest absolute Gasteiger partial charge is 0.356 e. The molecule has 1 heterocycles. The third-order valence-electron chi connectivity index (χ3n) is 8.30. The highest BCUT2D eigenvalue weighted by Gasteiger charge is 2.55. The summed E-state index contributed by atoms with van der Waals surface area (Å²) in [7, 11) is 0. The largest absolute Gasteiger partial charge is 0.478 e. The molecule has 0 saturated carbocycles. The molecule has 7 nitrogen and oxygen atoms in total. The molecule has 0 aliphatic carbocycles. The van der Waals surface area contributed by atoms with Gasteiger partial charge in [0.2, 0.25) is 5.91 Å². The third-order valence-corrected chi connectivity index (χ3v) is 12.6. The molecular weight excluding hydrogens is 597 g/mol. The van der Waals surface area contributed by atoms with Crippen LogP contribution in [0.25, 0.3) is 0 Å². The van der Waals surface area contributed by atoms with Gasteiger partial charge in [0, 0.05) is 18.9 Å². The van der Waals surface area contributed by atoms with Gasteiger partial charge in [-0.05, 0) is 34.0 Å². The van der Waals surface area contributed by atoms with Crippen LogP contribution in [0, 0.1) is 11.8 Å². The van der Waals surface area contributed by atoms with Crippen molar-refractivity contribution >= 4 is 51.8 Å². The van der Waals surface area contributed by atoms with Crippen molar-refractivity contribution in [2.45, 2.75) is 26.3 Å². The lowest BCUT2D eigenvalue weighted by Gasteiger charge is -2.51. The number of esters is 1. The molecule has 1 N–H and O–H groups in total. The monoisotopic (exact) mass is 633 g/mol. The molecule has 1 saturated heterocycles. The van der Waals surface area contributed by atoms with Gasteiger partial charge in [0.05, 0.1) is 17.5 Å². The van der Waals surface area contributed by atoms with E-state index in [1.807, 2.05) is 105 Å². The number of carboxylic acids is 1. The molecule has 4 aromatic carbocycles. The Bertz CT molecular complexity index is 1710. The Morgan fingerprint density at radius 1 is 0.826 bits per heavy atom. The summed E-state index contributed by atoms with van der Waals surface area (Å²) in [5.41, 5.74) is 0.417. The first kappa shape index (κ1) is 32.4. The molecule has 8 heteroatoms. The number of carbonyl (C=O) groups excluding carboxylic acids is 3. The Hall–Kier alpha value is -5.00. The molecule has 1 amide bonds. The SMILES string of the molecule is C=CCOC(=O)C(N1C(=O)C(C(C)C)C1CC(=O)c1cccc(C(=O)O)c1)=P(c1ccccc1)(c1ccccc1)c1ccccc1. The first-order valence-corrected chi connectivity index (χ1v) is 16.9. The maximum Gasteiger partial charge on any atom is 0.356 e. The second-order valence-electron chi connectivity index (χ2n) is 11.4. The van der Waals surface area contributed by atoms with Crippen molar-refractivity contribution in [2.24, 2.45) is 11.8 Å². The van der Waals surface area contributed by atoms with E-state index in [0.717, 1.165) is 15.9 Å². The van der Waals surface area contributed by atoms with E-state index in [-0.39, 0.29) is 47.2 Å². The standard InChI is InChI=1S/C38H36NO6P/c1-4-23-45-38(44)36(39-32(34(26(2)3)35(39)41)25-33(40)27-15-14-16-28(24-27)37(42)43)46(29-17-8-5-9-18-29,30-19-10-6-11-20-30)31-21-12-7-13-22-31/h4-22,24,26,32,34H,1,23,25H2,2-3H3,(H,42,43). The van der Waals surface area contributed by atoms with E-state index in [9.17, 15) is 24.3 Å². The highest BCUT2D eigenvalue weighted by atomic mass is 31.2. The number of β-lactam (4-membered cyclic amide) rings is 1. The average molecular weight is 634 g/mol. The quantitative estimate of drug-likeness (QED) is 0.0748. The summed E-state index contributed by atoms with van der Waals surface area (Å²) in [5.74, 6) is -3.05. The van der Waals surface area contributed by atoms with Gasteiger partial charge in [-0.1, -0.05) is 130 Å². The van der Waals surface area contributed by atoms with E-state index in [1.165, 1.54) is 29.2 Å². The number of carboxylic acid groups (broad SMARTS) is 1. The molecule has 4 aromatic rings. The van der Waals surface area contributed by atoms with Gasteiger partial charge >= 0.3 is 11.9 Å². The second-order valence-corrected chi connectivity index (χ2v) is 14.8. The minimum absolute atomic E-state index is 0.00442. The second kappa shape index (κ2) is 14.0. The number of nitrogens with zero attached hydrogens (tertiary/aromatic N) is 1. The number of rotatable bonds is 12. The topological polar surface area (TPSA) is 101 Å². The van der Waals surface area contributed by atoms with E-state index in [4.69, 9.17) is 4.74 Å². The zero-order chi connectivity index (χ0) is 32.8. The third kappa shape index (κ3) is 5.99. The van der Waals surface area contributed by atoms with Crippen molar-refractivity contribution < 1.29 is 29.0 Å². The average Bonchev–Trinajstić information content (AvgIpc) is 3.08. The highest BCUT2D eigenvalue weighted by Crippen LogP contribution is 2.50. The van der Waals surface area contributed by atoms with Crippen LogP contribution in [0.1, 0.15) is 41.0 Å². The fourth-order valence-electron chi connectivity index (χ4n) is 6.27. The predicted molar refractivity (Wildman–Crippen MR) is 183 cm³/mol. The molecule has 0 bridgehead atoms. The van der Waals surface area contributed by atoms with Crippen molar-refractivity contribution in [3.63, 3.8) is 0 Å². The molecular formula is C38H36NO6P. The zero-order valence-corrected chi connectivity index (χ0v) is 26.7. The minimum Gasteiger partial charge on any atom is -0.478 e. The van der Waals surface area contributed by atoms with Crippen LogP contribution in [-0.4, -0.2) is 51.7 Å². The maximum absolute atomic E-state index is 14.5. The number of carbonyl (C=O) groups is 4. The van der Waals surface area contributed by atoms with Crippen molar-refractivity contribution in [2.75, 3.05) is 6.61 Å². The summed E-state index contributed by atoms with van der Waals surface area (Å²) in [6.07, 6.45) is 1.38. The number of likely N-dealkylation sites (tertiary alicyclic amines) is 1. The van der Waals surface area contributed by atoms with Crippen LogP contribution in [-0.2, 0) is 14.3 Å². The summed E-state index contributed by atoms with van der Waals surface area (Å²) < 4.78 is 5.79. The van der Waals surface area contributed by atoms with E-state index in [2.05, 4.69) is 6.58 Å². The number of amides is 1. The summed E-state index contributed by atoms with van der Waals surface area (Å²) in [6.45, 7) is 4.37. The number of Topliss-reactive ketones (excluding diaryl/α,β-unsaturated/α-hetero) is 1. The Morgan fingerprint density at radius 3 is 1.78 bits per heavy atom. The summed E-state index contributed by atoms with van der Waals surface area (Å²) in [4.78, 5) is 55.8. The van der Waals surface area contributed by atoms with Crippen LogP contribution in [0.2, 0.25) is 0 Å². The molecule has 0 radical (unpaired) electrons. The molecule has 0 spiro atoms. The van der Waals surface area contributed by atoms with E-state index in [0.29, 0.717) is 0 Å². The molecule has 0 aromatic heterocycles. The normalized spacial score (nSPS) is 16.0. The van der Waals surface area contributed by atoms with Gasteiger partial charge < -0.3 is 14.7 Å². The Morgan fingerprint density at radius 2 is 1.33 bits per heavy atom. The Balaban J connectivity index is 1.83.